The Bertz CT molecular complexity index is 730. The van der Waals surface area contributed by atoms with Gasteiger partial charge in [0.2, 0.25) is 12.4 Å². The number of nitrogens with one attached hydrogen (secondary N) is 1. The molecule has 1 aromatic rings. The van der Waals surface area contributed by atoms with E-state index in [0.717, 1.165) is 6.41 Å². The minimum atomic E-state index is -2.99. The largest absolute Gasteiger partial charge is 0.350 e. The van der Waals surface area contributed by atoms with E-state index in [1.54, 1.807) is 9.80 Å². The molecular weight excluding hydrogens is 334 g/mol. The van der Waals surface area contributed by atoms with Gasteiger partial charge >= 0.3 is 0 Å². The van der Waals surface area contributed by atoms with Gasteiger partial charge in [-0.15, -0.1) is 0 Å². The van der Waals surface area contributed by atoms with Gasteiger partial charge in [0.1, 0.15) is 5.69 Å². The molecule has 2 aliphatic rings. The molecular formula is C14H19N5O4S. The Balaban J connectivity index is 1.64. The fraction of sp³-hybridized carbons (Fsp3) is 0.571. The SMILES string of the molecule is O=CN1CCN(C(=O)c2ccnc(NC3CCS(=O)(=O)C3)n2)CC1. The number of rotatable bonds is 4. The van der Waals surface area contributed by atoms with Crippen molar-refractivity contribution in [2.24, 2.45) is 0 Å². The van der Waals surface area contributed by atoms with Gasteiger partial charge in [-0.2, -0.15) is 0 Å². The summed E-state index contributed by atoms with van der Waals surface area (Å²) in [5, 5.41) is 2.98. The van der Waals surface area contributed by atoms with E-state index in [1.807, 2.05) is 0 Å². The third-order valence-corrected chi connectivity index (χ3v) is 5.96. The first-order valence-corrected chi connectivity index (χ1v) is 9.57. The molecule has 0 radical (unpaired) electrons. The first-order valence-electron chi connectivity index (χ1n) is 7.75. The van der Waals surface area contributed by atoms with E-state index in [4.69, 9.17) is 0 Å². The second-order valence-electron chi connectivity index (χ2n) is 5.94. The number of hydrogen-bond donors (Lipinski definition) is 1. The van der Waals surface area contributed by atoms with Crippen LogP contribution in [0.4, 0.5) is 5.95 Å². The van der Waals surface area contributed by atoms with Crippen molar-refractivity contribution in [2.45, 2.75) is 12.5 Å². The van der Waals surface area contributed by atoms with Gasteiger partial charge in [-0.05, 0) is 12.5 Å². The van der Waals surface area contributed by atoms with Crippen molar-refractivity contribution in [3.8, 4) is 0 Å². The van der Waals surface area contributed by atoms with Gasteiger partial charge in [0, 0.05) is 38.4 Å². The molecule has 10 heteroatoms. The summed E-state index contributed by atoms with van der Waals surface area (Å²) in [5.74, 6) is 0.256. The fourth-order valence-electron chi connectivity index (χ4n) is 2.83. The number of carbonyl (C=O) groups is 2. The summed E-state index contributed by atoms with van der Waals surface area (Å²) < 4.78 is 23.0. The van der Waals surface area contributed by atoms with Gasteiger partial charge < -0.3 is 15.1 Å². The molecule has 0 aromatic carbocycles. The van der Waals surface area contributed by atoms with Gasteiger partial charge in [-0.3, -0.25) is 9.59 Å². The molecule has 130 valence electrons. The molecule has 0 saturated carbocycles. The van der Waals surface area contributed by atoms with Crippen LogP contribution in [-0.2, 0) is 14.6 Å². The molecule has 3 heterocycles. The molecule has 2 amide bonds. The maximum atomic E-state index is 12.5. The quantitative estimate of drug-likeness (QED) is 0.690. The maximum Gasteiger partial charge on any atom is 0.272 e. The van der Waals surface area contributed by atoms with E-state index in [1.165, 1.54) is 12.3 Å². The van der Waals surface area contributed by atoms with E-state index in [2.05, 4.69) is 15.3 Å². The van der Waals surface area contributed by atoms with Crippen LogP contribution in [-0.4, -0.2) is 84.2 Å². The lowest BCUT2D eigenvalue weighted by Gasteiger charge is -2.32. The second kappa shape index (κ2) is 6.71. The third-order valence-electron chi connectivity index (χ3n) is 4.19. The predicted molar refractivity (Wildman–Crippen MR) is 86.3 cm³/mol. The molecule has 1 aromatic heterocycles. The number of hydrogen-bond acceptors (Lipinski definition) is 7. The number of piperazine rings is 1. The number of amides is 2. The number of aromatic nitrogens is 2. The topological polar surface area (TPSA) is 113 Å². The molecule has 1 unspecified atom stereocenters. The number of sulfone groups is 1. The Hall–Kier alpha value is -2.23. The summed E-state index contributed by atoms with van der Waals surface area (Å²) in [5.41, 5.74) is 0.257. The minimum absolute atomic E-state index is 0.0577. The van der Waals surface area contributed by atoms with Crippen LogP contribution >= 0.6 is 0 Å². The molecule has 2 fully saturated rings. The lowest BCUT2D eigenvalue weighted by molar-refractivity contribution is -0.119. The molecule has 0 bridgehead atoms. The van der Waals surface area contributed by atoms with Crippen LogP contribution in [0.15, 0.2) is 12.3 Å². The monoisotopic (exact) mass is 353 g/mol. The molecule has 0 aliphatic carbocycles. The Morgan fingerprint density at radius 3 is 2.67 bits per heavy atom. The molecule has 9 nitrogen and oxygen atoms in total. The van der Waals surface area contributed by atoms with Gasteiger partial charge in [0.05, 0.1) is 11.5 Å². The predicted octanol–water partition coefficient (Wildman–Crippen LogP) is -1.01. The summed E-state index contributed by atoms with van der Waals surface area (Å²) in [6, 6.07) is 1.31. The highest BCUT2D eigenvalue weighted by Gasteiger charge is 2.28. The maximum absolute atomic E-state index is 12.5. The first kappa shape index (κ1) is 16.6. The summed E-state index contributed by atoms with van der Waals surface area (Å²) in [6.45, 7) is 1.94. The van der Waals surface area contributed by atoms with Gasteiger partial charge in [0.15, 0.2) is 9.84 Å². The smallest absolute Gasteiger partial charge is 0.272 e. The Morgan fingerprint density at radius 2 is 2.04 bits per heavy atom. The highest BCUT2D eigenvalue weighted by atomic mass is 32.2. The van der Waals surface area contributed by atoms with Crippen LogP contribution in [0, 0.1) is 0 Å². The zero-order chi connectivity index (χ0) is 17.2. The fourth-order valence-corrected chi connectivity index (χ4v) is 4.50. The number of carbonyl (C=O) groups excluding carboxylic acids is 2. The van der Waals surface area contributed by atoms with Crippen molar-refractivity contribution in [3.05, 3.63) is 18.0 Å². The van der Waals surface area contributed by atoms with E-state index >= 15 is 0 Å². The summed E-state index contributed by atoms with van der Waals surface area (Å²) in [6.07, 6.45) is 2.77. The van der Waals surface area contributed by atoms with Crippen LogP contribution in [0.25, 0.3) is 0 Å². The molecule has 1 atom stereocenters. The Kier molecular flexibility index (Phi) is 4.65. The van der Waals surface area contributed by atoms with Crippen molar-refractivity contribution in [3.63, 3.8) is 0 Å². The zero-order valence-corrected chi connectivity index (χ0v) is 13.9. The molecule has 1 N–H and O–H groups in total. The second-order valence-corrected chi connectivity index (χ2v) is 8.17. The summed E-state index contributed by atoms with van der Waals surface area (Å²) in [4.78, 5) is 34.7. The lowest BCUT2D eigenvalue weighted by atomic mass is 10.2. The standard InChI is InChI=1S/C14H19N5O4S/c20-10-18-4-6-19(7-5-18)13(21)12-1-3-15-14(17-12)16-11-2-8-24(22,23)9-11/h1,3,10-11H,2,4-9H2,(H,15,16,17). The molecule has 2 saturated heterocycles. The highest BCUT2D eigenvalue weighted by Crippen LogP contribution is 2.15. The van der Waals surface area contributed by atoms with E-state index < -0.39 is 9.84 Å². The average Bonchev–Trinajstić information content (AvgIpc) is 2.93. The normalized spacial score (nSPS) is 23.1. The van der Waals surface area contributed by atoms with E-state index in [0.29, 0.717) is 32.6 Å². The molecule has 3 rings (SSSR count). The van der Waals surface area contributed by atoms with Crippen LogP contribution in [0.2, 0.25) is 0 Å². The number of nitrogens with zero attached hydrogens (tertiary/aromatic N) is 4. The molecule has 0 spiro atoms. The van der Waals surface area contributed by atoms with Crippen molar-refractivity contribution >= 4 is 28.1 Å². The minimum Gasteiger partial charge on any atom is -0.350 e. The van der Waals surface area contributed by atoms with Crippen LogP contribution in [0.1, 0.15) is 16.9 Å². The average molecular weight is 353 g/mol. The molecule has 2 aliphatic heterocycles. The van der Waals surface area contributed by atoms with E-state index in [-0.39, 0.29) is 35.1 Å². The van der Waals surface area contributed by atoms with Crippen LogP contribution < -0.4 is 5.32 Å². The zero-order valence-electron chi connectivity index (χ0n) is 13.1. The van der Waals surface area contributed by atoms with Crippen LogP contribution in [0.3, 0.4) is 0 Å². The Labute approximate surface area is 140 Å². The van der Waals surface area contributed by atoms with E-state index in [9.17, 15) is 18.0 Å². The lowest BCUT2D eigenvalue weighted by Crippen LogP contribution is -2.48. The third kappa shape index (κ3) is 3.81. The molecule has 24 heavy (non-hydrogen) atoms. The number of anilines is 1. The van der Waals surface area contributed by atoms with Crippen molar-refractivity contribution in [2.75, 3.05) is 43.0 Å². The van der Waals surface area contributed by atoms with Crippen molar-refractivity contribution in [1.29, 1.82) is 0 Å². The van der Waals surface area contributed by atoms with Gasteiger partial charge in [0.25, 0.3) is 5.91 Å². The Morgan fingerprint density at radius 1 is 1.29 bits per heavy atom. The first-order chi connectivity index (χ1) is 11.5. The van der Waals surface area contributed by atoms with Crippen LogP contribution in [0.5, 0.6) is 0 Å². The summed E-state index contributed by atoms with van der Waals surface area (Å²) >= 11 is 0. The van der Waals surface area contributed by atoms with Gasteiger partial charge in [-0.25, -0.2) is 18.4 Å². The van der Waals surface area contributed by atoms with Crippen molar-refractivity contribution < 1.29 is 18.0 Å². The van der Waals surface area contributed by atoms with Gasteiger partial charge in [-0.1, -0.05) is 0 Å². The van der Waals surface area contributed by atoms with Crippen molar-refractivity contribution in [1.82, 2.24) is 19.8 Å². The summed E-state index contributed by atoms with van der Waals surface area (Å²) in [7, 11) is -2.99. The highest BCUT2D eigenvalue weighted by molar-refractivity contribution is 7.91.